The van der Waals surface area contributed by atoms with Crippen molar-refractivity contribution in [3.63, 3.8) is 0 Å². The zero-order valence-corrected chi connectivity index (χ0v) is 17.5. The van der Waals surface area contributed by atoms with Crippen LogP contribution in [0.5, 0.6) is 0 Å². The van der Waals surface area contributed by atoms with E-state index in [9.17, 15) is 8.78 Å². The number of hydrogen-bond acceptors (Lipinski definition) is 3. The minimum atomic E-state index is -0.560. The third kappa shape index (κ3) is 6.78. The highest BCUT2D eigenvalue weighted by atomic mass is 19.1. The molecule has 0 amide bonds. The first kappa shape index (κ1) is 22.2. The van der Waals surface area contributed by atoms with Gasteiger partial charge in [-0.2, -0.15) is 0 Å². The predicted molar refractivity (Wildman–Crippen MR) is 115 cm³/mol. The molecule has 1 fully saturated rings. The van der Waals surface area contributed by atoms with Crippen molar-refractivity contribution in [2.75, 3.05) is 39.4 Å². The second kappa shape index (κ2) is 11.6. The smallest absolute Gasteiger partial charge is 0.191 e. The first-order chi connectivity index (χ1) is 14.7. The molecule has 1 heterocycles. The largest absolute Gasteiger partial charge is 0.379 e. The second-order valence-corrected chi connectivity index (χ2v) is 7.26. The molecule has 7 heteroatoms. The lowest BCUT2D eigenvalue weighted by atomic mass is 10.1. The molecule has 0 bridgehead atoms. The van der Waals surface area contributed by atoms with Gasteiger partial charge in [0.05, 0.1) is 19.8 Å². The minimum Gasteiger partial charge on any atom is -0.379 e. The molecule has 0 spiro atoms. The maximum absolute atomic E-state index is 13.8. The second-order valence-electron chi connectivity index (χ2n) is 7.26. The lowest BCUT2D eigenvalue weighted by molar-refractivity contribution is 0.0341. The summed E-state index contributed by atoms with van der Waals surface area (Å²) in [5.41, 5.74) is 2.94. The molecular formula is C23H30F2N4O. The van der Waals surface area contributed by atoms with Crippen molar-refractivity contribution in [3.05, 3.63) is 70.8 Å². The van der Waals surface area contributed by atoms with E-state index in [0.29, 0.717) is 31.0 Å². The van der Waals surface area contributed by atoms with Gasteiger partial charge in [0, 0.05) is 38.8 Å². The standard InChI is InChI=1S/C23H30F2N4O/c1-2-26-23(27-10-9-18-7-8-21(24)15-22(18)25)28-16-19-5-3-4-6-20(19)17-29-11-13-30-14-12-29/h3-8,15H,2,9-14,16-17H2,1H3,(H2,26,27,28). The summed E-state index contributed by atoms with van der Waals surface area (Å²) >= 11 is 0. The van der Waals surface area contributed by atoms with Crippen molar-refractivity contribution in [2.45, 2.75) is 26.4 Å². The molecule has 1 saturated heterocycles. The van der Waals surface area contributed by atoms with Gasteiger partial charge in [-0.05, 0) is 36.1 Å². The molecule has 0 aliphatic carbocycles. The van der Waals surface area contributed by atoms with Crippen LogP contribution in [0.4, 0.5) is 8.78 Å². The van der Waals surface area contributed by atoms with E-state index in [1.165, 1.54) is 23.3 Å². The van der Waals surface area contributed by atoms with E-state index < -0.39 is 11.6 Å². The molecule has 0 unspecified atom stereocenters. The molecule has 2 aromatic carbocycles. The number of hydrogen-bond donors (Lipinski definition) is 2. The summed E-state index contributed by atoms with van der Waals surface area (Å²) in [5, 5.41) is 6.46. The first-order valence-electron chi connectivity index (χ1n) is 10.5. The summed E-state index contributed by atoms with van der Waals surface area (Å²) in [6, 6.07) is 12.0. The van der Waals surface area contributed by atoms with Crippen LogP contribution in [0.15, 0.2) is 47.5 Å². The normalized spacial score (nSPS) is 15.2. The van der Waals surface area contributed by atoms with Crippen LogP contribution < -0.4 is 10.6 Å². The van der Waals surface area contributed by atoms with Gasteiger partial charge in [0.2, 0.25) is 0 Å². The Morgan fingerprint density at radius 2 is 1.80 bits per heavy atom. The molecule has 0 aromatic heterocycles. The van der Waals surface area contributed by atoms with Gasteiger partial charge < -0.3 is 15.4 Å². The molecule has 2 N–H and O–H groups in total. The van der Waals surface area contributed by atoms with E-state index >= 15 is 0 Å². The zero-order valence-electron chi connectivity index (χ0n) is 17.5. The van der Waals surface area contributed by atoms with Gasteiger partial charge in [-0.3, -0.25) is 4.90 Å². The van der Waals surface area contributed by atoms with Crippen molar-refractivity contribution in [1.29, 1.82) is 0 Å². The summed E-state index contributed by atoms with van der Waals surface area (Å²) in [6.45, 7) is 8.14. The quantitative estimate of drug-likeness (QED) is 0.513. The third-order valence-corrected chi connectivity index (χ3v) is 5.07. The van der Waals surface area contributed by atoms with Crippen LogP contribution >= 0.6 is 0 Å². The van der Waals surface area contributed by atoms with Crippen molar-refractivity contribution < 1.29 is 13.5 Å². The Balaban J connectivity index is 1.58. The van der Waals surface area contributed by atoms with Gasteiger partial charge >= 0.3 is 0 Å². The Morgan fingerprint density at radius 3 is 2.53 bits per heavy atom. The number of halogens is 2. The Hall–Kier alpha value is -2.51. The fourth-order valence-corrected chi connectivity index (χ4v) is 3.41. The third-order valence-electron chi connectivity index (χ3n) is 5.07. The zero-order chi connectivity index (χ0) is 21.2. The number of nitrogens with one attached hydrogen (secondary N) is 2. The molecule has 2 aromatic rings. The molecule has 5 nitrogen and oxygen atoms in total. The first-order valence-corrected chi connectivity index (χ1v) is 10.5. The highest BCUT2D eigenvalue weighted by molar-refractivity contribution is 5.79. The molecule has 162 valence electrons. The molecule has 1 aliphatic rings. The van der Waals surface area contributed by atoms with Crippen LogP contribution in [-0.2, 0) is 24.2 Å². The number of guanidine groups is 1. The number of aliphatic imine (C=N–C) groups is 1. The average Bonchev–Trinajstić information content (AvgIpc) is 2.75. The van der Waals surface area contributed by atoms with Crippen LogP contribution in [0, 0.1) is 11.6 Å². The number of ether oxygens (including phenoxy) is 1. The highest BCUT2D eigenvalue weighted by Crippen LogP contribution is 2.14. The van der Waals surface area contributed by atoms with Gasteiger partial charge in [-0.1, -0.05) is 30.3 Å². The molecule has 30 heavy (non-hydrogen) atoms. The fraction of sp³-hybridized carbons (Fsp3) is 0.435. The molecular weight excluding hydrogens is 386 g/mol. The predicted octanol–water partition coefficient (Wildman–Crippen LogP) is 3.09. The Bertz CT molecular complexity index is 838. The number of nitrogens with zero attached hydrogens (tertiary/aromatic N) is 2. The van der Waals surface area contributed by atoms with Crippen LogP contribution in [0.3, 0.4) is 0 Å². The van der Waals surface area contributed by atoms with E-state index in [-0.39, 0.29) is 0 Å². The molecule has 0 atom stereocenters. The lowest BCUT2D eigenvalue weighted by Crippen LogP contribution is -2.38. The summed E-state index contributed by atoms with van der Waals surface area (Å²) in [4.78, 5) is 7.10. The van der Waals surface area contributed by atoms with E-state index in [1.807, 2.05) is 13.0 Å². The highest BCUT2D eigenvalue weighted by Gasteiger charge is 2.12. The minimum absolute atomic E-state index is 0.449. The van der Waals surface area contributed by atoms with Crippen molar-refractivity contribution >= 4 is 5.96 Å². The van der Waals surface area contributed by atoms with E-state index in [0.717, 1.165) is 45.5 Å². The monoisotopic (exact) mass is 416 g/mol. The summed E-state index contributed by atoms with van der Waals surface area (Å²) < 4.78 is 32.3. The number of rotatable bonds is 8. The Labute approximate surface area is 177 Å². The molecule has 0 saturated carbocycles. The summed E-state index contributed by atoms with van der Waals surface area (Å²) in [6.07, 6.45) is 0.449. The van der Waals surface area contributed by atoms with E-state index in [1.54, 1.807) is 0 Å². The summed E-state index contributed by atoms with van der Waals surface area (Å²) in [7, 11) is 0. The van der Waals surface area contributed by atoms with Crippen molar-refractivity contribution in [2.24, 2.45) is 4.99 Å². The number of benzene rings is 2. The van der Waals surface area contributed by atoms with Gasteiger partial charge in [0.1, 0.15) is 11.6 Å². The Kier molecular flexibility index (Phi) is 8.59. The maximum Gasteiger partial charge on any atom is 0.191 e. The van der Waals surface area contributed by atoms with Crippen LogP contribution in [-0.4, -0.2) is 50.3 Å². The average molecular weight is 417 g/mol. The molecule has 3 rings (SSSR count). The van der Waals surface area contributed by atoms with Crippen LogP contribution in [0.25, 0.3) is 0 Å². The van der Waals surface area contributed by atoms with Gasteiger partial charge in [-0.25, -0.2) is 13.8 Å². The molecule has 0 radical (unpaired) electrons. The summed E-state index contributed by atoms with van der Waals surface area (Å²) in [5.74, 6) is -0.396. The van der Waals surface area contributed by atoms with Gasteiger partial charge in [0.25, 0.3) is 0 Å². The lowest BCUT2D eigenvalue weighted by Gasteiger charge is -2.27. The van der Waals surface area contributed by atoms with Crippen molar-refractivity contribution in [1.82, 2.24) is 15.5 Å². The van der Waals surface area contributed by atoms with E-state index in [2.05, 4.69) is 33.7 Å². The fourth-order valence-electron chi connectivity index (χ4n) is 3.41. The maximum atomic E-state index is 13.8. The SMILES string of the molecule is CCNC(=NCc1ccccc1CN1CCOCC1)NCCc1ccc(F)cc1F. The molecule has 1 aliphatic heterocycles. The van der Waals surface area contributed by atoms with Gasteiger partial charge in [0.15, 0.2) is 5.96 Å². The van der Waals surface area contributed by atoms with Crippen molar-refractivity contribution in [3.8, 4) is 0 Å². The van der Waals surface area contributed by atoms with Crippen LogP contribution in [0.2, 0.25) is 0 Å². The van der Waals surface area contributed by atoms with Gasteiger partial charge in [-0.15, -0.1) is 0 Å². The Morgan fingerprint density at radius 1 is 1.03 bits per heavy atom. The topological polar surface area (TPSA) is 48.9 Å². The van der Waals surface area contributed by atoms with Crippen LogP contribution in [0.1, 0.15) is 23.6 Å². The van der Waals surface area contributed by atoms with E-state index in [4.69, 9.17) is 9.73 Å². The number of morpholine rings is 1.